The van der Waals surface area contributed by atoms with Gasteiger partial charge >= 0.3 is 0 Å². The maximum Gasteiger partial charge on any atom is 0.108 e. The molecule has 0 saturated heterocycles. The molecule has 0 aromatic rings. The molecule has 3 aliphatic carbocycles. The van der Waals surface area contributed by atoms with E-state index in [1.807, 2.05) is 0 Å². The summed E-state index contributed by atoms with van der Waals surface area (Å²) in [5, 5.41) is 13.1. The van der Waals surface area contributed by atoms with Crippen molar-refractivity contribution in [1.29, 1.82) is 5.26 Å². The van der Waals surface area contributed by atoms with Crippen LogP contribution in [0.1, 0.15) is 45.4 Å². The summed E-state index contributed by atoms with van der Waals surface area (Å²) in [5.74, 6) is 1.85. The van der Waals surface area contributed by atoms with Crippen molar-refractivity contribution in [2.45, 2.75) is 63.1 Å². The Hall–Kier alpha value is -0.590. The van der Waals surface area contributed by atoms with Gasteiger partial charge in [0, 0.05) is 18.6 Å². The average molecular weight is 247 g/mol. The Labute approximate surface area is 111 Å². The van der Waals surface area contributed by atoms with Crippen LogP contribution in [0.5, 0.6) is 0 Å². The van der Waals surface area contributed by atoms with Gasteiger partial charge in [0.25, 0.3) is 0 Å². The number of hydrogen-bond donors (Lipinski definition) is 1. The zero-order valence-corrected chi connectivity index (χ0v) is 11.7. The molecule has 18 heavy (non-hydrogen) atoms. The number of hydrogen-bond acceptors (Lipinski definition) is 3. The number of nitrogens with one attached hydrogen (secondary N) is 1. The van der Waals surface area contributed by atoms with Crippen LogP contribution in [0.4, 0.5) is 0 Å². The highest BCUT2D eigenvalue weighted by molar-refractivity contribution is 5.15. The van der Waals surface area contributed by atoms with Crippen LogP contribution < -0.4 is 5.32 Å². The van der Waals surface area contributed by atoms with Gasteiger partial charge in [0.1, 0.15) is 5.54 Å². The molecule has 3 rings (SSSR count). The number of nitrogens with zero attached hydrogens (tertiary/aromatic N) is 2. The maximum atomic E-state index is 9.50. The molecule has 0 amide bonds. The van der Waals surface area contributed by atoms with E-state index in [1.165, 1.54) is 32.2 Å². The second kappa shape index (κ2) is 4.51. The predicted octanol–water partition coefficient (Wildman–Crippen LogP) is 2.14. The van der Waals surface area contributed by atoms with Crippen LogP contribution in [0.2, 0.25) is 0 Å². The van der Waals surface area contributed by atoms with Crippen molar-refractivity contribution >= 4 is 0 Å². The topological polar surface area (TPSA) is 39.1 Å². The van der Waals surface area contributed by atoms with Crippen molar-refractivity contribution < 1.29 is 0 Å². The first-order chi connectivity index (χ1) is 8.62. The second-order valence-corrected chi connectivity index (χ2v) is 6.92. The van der Waals surface area contributed by atoms with E-state index in [0.29, 0.717) is 12.1 Å². The Kier molecular flexibility index (Phi) is 3.11. The van der Waals surface area contributed by atoms with Crippen LogP contribution in [0.3, 0.4) is 0 Å². The van der Waals surface area contributed by atoms with E-state index < -0.39 is 0 Å². The highest BCUT2D eigenvalue weighted by atomic mass is 15.2. The molecule has 3 heteroatoms. The maximum absolute atomic E-state index is 9.50. The molecule has 0 aromatic carbocycles. The summed E-state index contributed by atoms with van der Waals surface area (Å²) in [5.41, 5.74) is -0.213. The van der Waals surface area contributed by atoms with Crippen molar-refractivity contribution in [3.8, 4) is 6.07 Å². The Bertz CT molecular complexity index is 357. The molecule has 0 aromatic heterocycles. The van der Waals surface area contributed by atoms with Crippen LogP contribution in [-0.2, 0) is 0 Å². The molecule has 4 unspecified atom stereocenters. The zero-order valence-electron chi connectivity index (χ0n) is 11.7. The van der Waals surface area contributed by atoms with Crippen molar-refractivity contribution in [2.24, 2.45) is 11.8 Å². The van der Waals surface area contributed by atoms with Crippen molar-refractivity contribution in [3.63, 3.8) is 0 Å². The first-order valence-electron chi connectivity index (χ1n) is 7.51. The Balaban J connectivity index is 1.54. The van der Waals surface area contributed by atoms with Crippen LogP contribution in [0.25, 0.3) is 0 Å². The molecule has 0 heterocycles. The Morgan fingerprint density at radius 1 is 1.39 bits per heavy atom. The first-order valence-corrected chi connectivity index (χ1v) is 7.51. The van der Waals surface area contributed by atoms with Gasteiger partial charge < -0.3 is 4.90 Å². The minimum Gasteiger partial charge on any atom is -0.303 e. The summed E-state index contributed by atoms with van der Waals surface area (Å²) in [6, 6.07) is 3.82. The first kappa shape index (κ1) is 12.4. The lowest BCUT2D eigenvalue weighted by atomic mass is 9.99. The van der Waals surface area contributed by atoms with Gasteiger partial charge in [-0.1, -0.05) is 6.92 Å². The summed E-state index contributed by atoms with van der Waals surface area (Å²) >= 11 is 0. The standard InChI is InChI=1S/C15H25N3/c1-11-7-12(11)9-18(2)14-5-6-15(8-14,10-16)17-13-3-4-13/h11-14,17H,3-9H2,1-2H3. The third kappa shape index (κ3) is 2.55. The minimum absolute atomic E-state index is 0.213. The van der Waals surface area contributed by atoms with Gasteiger partial charge in [-0.05, 0) is 57.4 Å². The smallest absolute Gasteiger partial charge is 0.108 e. The zero-order chi connectivity index (χ0) is 12.8. The highest BCUT2D eigenvalue weighted by Crippen LogP contribution is 2.40. The molecule has 1 N–H and O–H groups in total. The molecule has 3 fully saturated rings. The quantitative estimate of drug-likeness (QED) is 0.809. The average Bonchev–Trinajstić information content (AvgIpc) is 3.23. The minimum atomic E-state index is -0.213. The fourth-order valence-electron chi connectivity index (χ4n) is 3.45. The van der Waals surface area contributed by atoms with Crippen molar-refractivity contribution in [2.75, 3.05) is 13.6 Å². The van der Waals surface area contributed by atoms with E-state index in [0.717, 1.165) is 24.7 Å². The predicted molar refractivity (Wildman–Crippen MR) is 72.0 cm³/mol. The Morgan fingerprint density at radius 3 is 2.67 bits per heavy atom. The molecule has 3 saturated carbocycles. The summed E-state index contributed by atoms with van der Waals surface area (Å²) < 4.78 is 0. The van der Waals surface area contributed by atoms with E-state index in [9.17, 15) is 5.26 Å². The van der Waals surface area contributed by atoms with Gasteiger partial charge in [0.05, 0.1) is 6.07 Å². The molecule has 3 nitrogen and oxygen atoms in total. The van der Waals surface area contributed by atoms with Gasteiger partial charge in [-0.2, -0.15) is 5.26 Å². The second-order valence-electron chi connectivity index (χ2n) is 6.92. The van der Waals surface area contributed by atoms with Gasteiger partial charge in [-0.3, -0.25) is 5.32 Å². The summed E-state index contributed by atoms with van der Waals surface area (Å²) in [6.07, 6.45) is 7.19. The molecule has 0 spiro atoms. The lowest BCUT2D eigenvalue weighted by molar-refractivity contribution is 0.224. The molecule has 0 aliphatic heterocycles. The summed E-state index contributed by atoms with van der Waals surface area (Å²) in [6.45, 7) is 3.58. The molecular weight excluding hydrogens is 222 g/mol. The van der Waals surface area contributed by atoms with Crippen LogP contribution in [0.15, 0.2) is 0 Å². The van der Waals surface area contributed by atoms with E-state index in [4.69, 9.17) is 0 Å². The lowest BCUT2D eigenvalue weighted by Crippen LogP contribution is -2.44. The molecule has 4 atom stereocenters. The molecular formula is C15H25N3. The lowest BCUT2D eigenvalue weighted by Gasteiger charge is -2.27. The third-order valence-corrected chi connectivity index (χ3v) is 5.18. The highest BCUT2D eigenvalue weighted by Gasteiger charge is 2.44. The van der Waals surface area contributed by atoms with E-state index in [2.05, 4.69) is 30.3 Å². The fourth-order valence-corrected chi connectivity index (χ4v) is 3.45. The molecule has 0 bridgehead atoms. The molecule has 3 aliphatic rings. The summed E-state index contributed by atoms with van der Waals surface area (Å²) in [7, 11) is 2.25. The number of rotatable bonds is 5. The van der Waals surface area contributed by atoms with Gasteiger partial charge in [0.2, 0.25) is 0 Å². The Morgan fingerprint density at radius 2 is 2.11 bits per heavy atom. The summed E-state index contributed by atoms with van der Waals surface area (Å²) in [4.78, 5) is 2.52. The van der Waals surface area contributed by atoms with Gasteiger partial charge in [0.15, 0.2) is 0 Å². The van der Waals surface area contributed by atoms with E-state index in [-0.39, 0.29) is 5.54 Å². The van der Waals surface area contributed by atoms with Gasteiger partial charge in [-0.15, -0.1) is 0 Å². The van der Waals surface area contributed by atoms with E-state index >= 15 is 0 Å². The van der Waals surface area contributed by atoms with Gasteiger partial charge in [-0.25, -0.2) is 0 Å². The number of nitriles is 1. The largest absolute Gasteiger partial charge is 0.303 e. The fraction of sp³-hybridized carbons (Fsp3) is 0.933. The molecule has 100 valence electrons. The monoisotopic (exact) mass is 247 g/mol. The van der Waals surface area contributed by atoms with E-state index in [1.54, 1.807) is 0 Å². The van der Waals surface area contributed by atoms with Crippen molar-refractivity contribution in [1.82, 2.24) is 10.2 Å². The third-order valence-electron chi connectivity index (χ3n) is 5.18. The normalized spacial score (nSPS) is 43.1. The van der Waals surface area contributed by atoms with Crippen LogP contribution >= 0.6 is 0 Å². The van der Waals surface area contributed by atoms with Crippen LogP contribution in [0, 0.1) is 23.2 Å². The molecule has 0 radical (unpaired) electrons. The SMILES string of the molecule is CC1CC1CN(C)C1CCC(C#N)(NC2CC2)C1. The van der Waals surface area contributed by atoms with Crippen molar-refractivity contribution in [3.05, 3.63) is 0 Å². The van der Waals surface area contributed by atoms with Crippen LogP contribution in [-0.4, -0.2) is 36.1 Å².